The summed E-state index contributed by atoms with van der Waals surface area (Å²) in [4.78, 5) is 4.46. The lowest BCUT2D eigenvalue weighted by Crippen LogP contribution is -2.02. The highest BCUT2D eigenvalue weighted by Crippen LogP contribution is 2.16. The highest BCUT2D eigenvalue weighted by Gasteiger charge is 2.00. The van der Waals surface area contributed by atoms with Gasteiger partial charge in [-0.15, -0.1) is 0 Å². The van der Waals surface area contributed by atoms with Gasteiger partial charge in [0.15, 0.2) is 0 Å². The molecule has 0 saturated heterocycles. The van der Waals surface area contributed by atoms with Crippen LogP contribution >= 0.6 is 0 Å². The predicted octanol–water partition coefficient (Wildman–Crippen LogP) is 10.9. The maximum atomic E-state index is 5.71. The normalized spacial score (nSPS) is 11.4. The molecule has 0 radical (unpaired) electrons. The zero-order chi connectivity index (χ0) is 24.5. The maximum Gasteiger partial charge on any atom is 0.213 e. The van der Waals surface area contributed by atoms with E-state index in [2.05, 4.69) is 31.8 Å². The number of ether oxygens (including phenoxy) is 1. The van der Waals surface area contributed by atoms with Crippen molar-refractivity contribution in [2.75, 3.05) is 6.61 Å². The Morgan fingerprint density at radius 1 is 0.618 bits per heavy atom. The van der Waals surface area contributed by atoms with Crippen molar-refractivity contribution >= 4 is 0 Å². The second-order valence-electron chi connectivity index (χ2n) is 11.0. The summed E-state index contributed by atoms with van der Waals surface area (Å²) >= 11 is 0. The number of aryl methyl sites for hydroxylation is 1. The van der Waals surface area contributed by atoms with Gasteiger partial charge < -0.3 is 4.74 Å². The quantitative estimate of drug-likeness (QED) is 0.132. The van der Waals surface area contributed by atoms with Crippen LogP contribution in [0.1, 0.15) is 161 Å². The third-order valence-corrected chi connectivity index (χ3v) is 7.06. The SMILES string of the molecule is CCCCCCCCCCCCCCCCCCCCCCc1ccc(OCCC(C)C)nc1. The molecule has 0 bridgehead atoms. The minimum absolute atomic E-state index is 0.679. The van der Waals surface area contributed by atoms with Crippen molar-refractivity contribution < 1.29 is 4.74 Å². The lowest BCUT2D eigenvalue weighted by molar-refractivity contribution is 0.279. The number of rotatable bonds is 25. The summed E-state index contributed by atoms with van der Waals surface area (Å²) in [6, 6.07) is 4.22. The van der Waals surface area contributed by atoms with Crippen molar-refractivity contribution in [1.82, 2.24) is 4.98 Å². The lowest BCUT2D eigenvalue weighted by Gasteiger charge is -2.08. The highest BCUT2D eigenvalue weighted by atomic mass is 16.5. The van der Waals surface area contributed by atoms with E-state index >= 15 is 0 Å². The molecular formula is C32H59NO. The fraction of sp³-hybridized carbons (Fsp3) is 0.844. The summed E-state index contributed by atoms with van der Waals surface area (Å²) in [6.07, 6.45) is 33.0. The highest BCUT2D eigenvalue weighted by molar-refractivity contribution is 5.17. The third-order valence-electron chi connectivity index (χ3n) is 7.06. The number of aromatic nitrogens is 1. The van der Waals surface area contributed by atoms with Crippen LogP contribution in [-0.2, 0) is 6.42 Å². The van der Waals surface area contributed by atoms with E-state index in [-0.39, 0.29) is 0 Å². The van der Waals surface area contributed by atoms with Gasteiger partial charge in [-0.25, -0.2) is 4.98 Å². The van der Waals surface area contributed by atoms with Gasteiger partial charge in [-0.2, -0.15) is 0 Å². The van der Waals surface area contributed by atoms with Crippen LogP contribution in [0.4, 0.5) is 0 Å². The lowest BCUT2D eigenvalue weighted by atomic mass is 10.0. The van der Waals surface area contributed by atoms with E-state index in [4.69, 9.17) is 4.74 Å². The van der Waals surface area contributed by atoms with Crippen molar-refractivity contribution in [1.29, 1.82) is 0 Å². The van der Waals surface area contributed by atoms with Gasteiger partial charge in [0.2, 0.25) is 5.88 Å². The van der Waals surface area contributed by atoms with E-state index in [0.29, 0.717) is 5.92 Å². The number of pyridine rings is 1. The van der Waals surface area contributed by atoms with Gasteiger partial charge in [-0.1, -0.05) is 149 Å². The van der Waals surface area contributed by atoms with Crippen LogP contribution in [0.3, 0.4) is 0 Å². The minimum atomic E-state index is 0.679. The number of hydrogen-bond donors (Lipinski definition) is 0. The van der Waals surface area contributed by atoms with Gasteiger partial charge in [0.1, 0.15) is 0 Å². The Labute approximate surface area is 214 Å². The van der Waals surface area contributed by atoms with Gasteiger partial charge >= 0.3 is 0 Å². The molecule has 0 amide bonds. The summed E-state index contributed by atoms with van der Waals surface area (Å²) in [5, 5.41) is 0. The van der Waals surface area contributed by atoms with Gasteiger partial charge in [0.05, 0.1) is 6.61 Å². The molecule has 198 valence electrons. The molecule has 1 heterocycles. The molecule has 0 aromatic carbocycles. The molecule has 1 aromatic heterocycles. The first-order valence-electron chi connectivity index (χ1n) is 15.3. The maximum absolute atomic E-state index is 5.71. The van der Waals surface area contributed by atoms with Crippen LogP contribution in [0.5, 0.6) is 5.88 Å². The number of hydrogen-bond acceptors (Lipinski definition) is 2. The Morgan fingerprint density at radius 3 is 1.44 bits per heavy atom. The molecule has 1 rings (SSSR count). The predicted molar refractivity (Wildman–Crippen MR) is 151 cm³/mol. The molecule has 0 spiro atoms. The summed E-state index contributed by atoms with van der Waals surface area (Å²) < 4.78 is 5.71. The second kappa shape index (κ2) is 23.7. The first-order chi connectivity index (χ1) is 16.7. The summed E-state index contributed by atoms with van der Waals surface area (Å²) in [5.41, 5.74) is 1.35. The molecule has 0 fully saturated rings. The molecule has 2 heteroatoms. The van der Waals surface area contributed by atoms with Crippen LogP contribution < -0.4 is 4.74 Å². The zero-order valence-corrected chi connectivity index (χ0v) is 23.4. The first-order valence-corrected chi connectivity index (χ1v) is 15.3. The third kappa shape index (κ3) is 20.3. The average Bonchev–Trinajstić information content (AvgIpc) is 2.83. The molecule has 2 nitrogen and oxygen atoms in total. The smallest absolute Gasteiger partial charge is 0.213 e. The van der Waals surface area contributed by atoms with Crippen LogP contribution in [0.15, 0.2) is 18.3 Å². The van der Waals surface area contributed by atoms with Gasteiger partial charge in [0.25, 0.3) is 0 Å². The minimum Gasteiger partial charge on any atom is -0.478 e. The average molecular weight is 474 g/mol. The van der Waals surface area contributed by atoms with Crippen molar-refractivity contribution in [2.24, 2.45) is 5.92 Å². The van der Waals surface area contributed by atoms with Crippen molar-refractivity contribution in [3.63, 3.8) is 0 Å². The second-order valence-corrected chi connectivity index (χ2v) is 11.0. The van der Waals surface area contributed by atoms with Crippen molar-refractivity contribution in [3.05, 3.63) is 23.9 Å². The van der Waals surface area contributed by atoms with Gasteiger partial charge in [0, 0.05) is 12.3 Å². The molecule has 1 aromatic rings. The fourth-order valence-electron chi connectivity index (χ4n) is 4.63. The number of nitrogens with zero attached hydrogens (tertiary/aromatic N) is 1. The van der Waals surface area contributed by atoms with Crippen LogP contribution in [0.2, 0.25) is 0 Å². The Kier molecular flexibility index (Phi) is 21.6. The van der Waals surface area contributed by atoms with Crippen LogP contribution in [0, 0.1) is 5.92 Å². The van der Waals surface area contributed by atoms with Crippen molar-refractivity contribution in [3.8, 4) is 5.88 Å². The van der Waals surface area contributed by atoms with Crippen LogP contribution in [-0.4, -0.2) is 11.6 Å². The van der Waals surface area contributed by atoms with E-state index in [1.54, 1.807) is 0 Å². The van der Waals surface area contributed by atoms with E-state index < -0.39 is 0 Å². The largest absolute Gasteiger partial charge is 0.478 e. The standard InChI is InChI=1S/C32H59NO/c1-4-5-6-7-8-9-10-11-12-13-14-15-16-17-18-19-20-21-22-23-24-31-25-26-32(33-29-31)34-28-27-30(2)3/h25-26,29-30H,4-24,27-28H2,1-3H3. The molecule has 0 N–H and O–H groups in total. The van der Waals surface area contributed by atoms with Gasteiger partial charge in [-0.3, -0.25) is 0 Å². The van der Waals surface area contributed by atoms with Crippen LogP contribution in [0.25, 0.3) is 0 Å². The summed E-state index contributed by atoms with van der Waals surface area (Å²) in [6.45, 7) is 7.51. The first kappa shape index (κ1) is 31.0. The Morgan fingerprint density at radius 2 is 1.06 bits per heavy atom. The molecular weight excluding hydrogens is 414 g/mol. The topological polar surface area (TPSA) is 22.1 Å². The van der Waals surface area contributed by atoms with E-state index in [9.17, 15) is 0 Å². The molecule has 0 unspecified atom stereocenters. The van der Waals surface area contributed by atoms with E-state index in [1.807, 2.05) is 12.3 Å². The monoisotopic (exact) mass is 473 g/mol. The molecule has 0 saturated carbocycles. The Balaban J connectivity index is 1.78. The molecule has 0 atom stereocenters. The number of unbranched alkanes of at least 4 members (excludes halogenated alkanes) is 19. The molecule has 0 aliphatic carbocycles. The van der Waals surface area contributed by atoms with E-state index in [1.165, 1.54) is 134 Å². The Bertz CT molecular complexity index is 524. The summed E-state index contributed by atoms with van der Waals surface area (Å²) in [5.74, 6) is 1.45. The molecule has 34 heavy (non-hydrogen) atoms. The van der Waals surface area contributed by atoms with E-state index in [0.717, 1.165) is 25.3 Å². The fourth-order valence-corrected chi connectivity index (χ4v) is 4.63. The Hall–Kier alpha value is -1.05. The zero-order valence-electron chi connectivity index (χ0n) is 23.4. The molecule has 0 aliphatic rings. The summed E-state index contributed by atoms with van der Waals surface area (Å²) in [7, 11) is 0. The van der Waals surface area contributed by atoms with Gasteiger partial charge in [-0.05, 0) is 30.7 Å². The molecule has 0 aliphatic heterocycles. The van der Waals surface area contributed by atoms with Crippen molar-refractivity contribution in [2.45, 2.75) is 162 Å².